The number of nitrogens with zero attached hydrogens (tertiary/aromatic N) is 7. The summed E-state index contributed by atoms with van der Waals surface area (Å²) in [4.78, 5) is 17.0. The van der Waals surface area contributed by atoms with Crippen LogP contribution in [-0.4, -0.2) is 318 Å². The number of thioether (sulfide) groups is 7. The molecule has 0 aliphatic carbocycles. The molecule has 7 aromatic carbocycles. The molecule has 2 aliphatic rings. The van der Waals surface area contributed by atoms with E-state index in [9.17, 15) is 0 Å². The summed E-state index contributed by atoms with van der Waals surface area (Å²) >= 11 is 14.2. The van der Waals surface area contributed by atoms with Crippen LogP contribution in [0.25, 0.3) is 0 Å². The summed E-state index contributed by atoms with van der Waals surface area (Å²) in [6, 6.07) is 75.8. The Labute approximate surface area is 891 Å². The van der Waals surface area contributed by atoms with Gasteiger partial charge in [-0.1, -0.05) is 233 Å². The minimum atomic E-state index is 0.286. The van der Waals surface area contributed by atoms with Crippen LogP contribution in [0.3, 0.4) is 0 Å². The van der Waals surface area contributed by atoms with Gasteiger partial charge < -0.3 is 71.4 Å². The second-order valence-electron chi connectivity index (χ2n) is 38.3. The van der Waals surface area contributed by atoms with Gasteiger partial charge in [-0.25, -0.2) is 0 Å². The molecule has 9 rings (SSSR count). The topological polar surface area (TPSA) is 116 Å². The lowest BCUT2D eigenvalue weighted by atomic mass is 10.1. The predicted octanol–water partition coefficient (Wildman–Crippen LogP) is 23.8. The van der Waals surface area contributed by atoms with Gasteiger partial charge >= 0.3 is 0 Å². The molecule has 2 saturated heterocycles. The van der Waals surface area contributed by atoms with Gasteiger partial charge in [0.25, 0.3) is 0 Å². The first-order chi connectivity index (χ1) is 68.6. The lowest BCUT2D eigenvalue weighted by Crippen LogP contribution is -2.39. The van der Waals surface area contributed by atoms with Crippen molar-refractivity contribution < 1.29 is 4.74 Å². The average Bonchev–Trinajstić information content (AvgIpc) is 1.01. The Kier molecular flexibility index (Phi) is 90.9. The number of benzene rings is 7. The molecule has 1 unspecified atom stereocenters. The van der Waals surface area contributed by atoms with E-state index in [4.69, 9.17) is 4.74 Å². The number of hydrogen-bond donors (Lipinski definition) is 7. The third-order valence-corrected chi connectivity index (χ3v) is 32.1. The van der Waals surface area contributed by atoms with E-state index < -0.39 is 0 Å². The molecule has 0 spiro atoms. The Morgan fingerprint density at radius 1 is 0.293 bits per heavy atom. The van der Waals surface area contributed by atoms with Crippen molar-refractivity contribution in [2.75, 3.05) is 272 Å². The van der Waals surface area contributed by atoms with E-state index in [0.29, 0.717) is 6.04 Å². The molecule has 0 bridgehead atoms. The van der Waals surface area contributed by atoms with Crippen LogP contribution >= 0.6 is 82.3 Å². The zero-order valence-electron chi connectivity index (χ0n) is 90.8. The monoisotopic (exact) mass is 2060 g/mol. The van der Waals surface area contributed by atoms with Gasteiger partial charge in [-0.05, 0) is 428 Å². The van der Waals surface area contributed by atoms with E-state index in [0.717, 1.165) is 152 Å². The van der Waals surface area contributed by atoms with Crippen LogP contribution in [0.4, 0.5) is 0 Å². The summed E-state index contributed by atoms with van der Waals surface area (Å²) in [6.07, 6.45) is 22.9. The number of likely N-dealkylation sites (tertiary alicyclic amines) is 1. The molecule has 0 amide bonds. The predicted molar refractivity (Wildman–Crippen MR) is 640 cm³/mol. The van der Waals surface area contributed by atoms with Crippen LogP contribution in [0.1, 0.15) is 203 Å². The van der Waals surface area contributed by atoms with Gasteiger partial charge in [-0.15, -0.1) is 0 Å². The summed E-state index contributed by atoms with van der Waals surface area (Å²) in [5.74, 6) is 16.7. The van der Waals surface area contributed by atoms with Crippen LogP contribution in [0.2, 0.25) is 0 Å². The van der Waals surface area contributed by atoms with Crippen molar-refractivity contribution in [2.24, 2.45) is 0 Å². The van der Waals surface area contributed by atoms with Crippen molar-refractivity contribution in [3.05, 3.63) is 251 Å². The molecule has 1 atom stereocenters. The maximum atomic E-state index is 5.35. The smallest absolute Gasteiger partial charge is 0.0594 e. The highest BCUT2D eigenvalue weighted by atomic mass is 32.2. The van der Waals surface area contributed by atoms with Crippen LogP contribution in [0.15, 0.2) is 212 Å². The van der Waals surface area contributed by atoms with Gasteiger partial charge in [0.05, 0.1) is 13.2 Å². The summed E-state index contributed by atoms with van der Waals surface area (Å²) in [7, 11) is 13.1. The summed E-state index contributed by atoms with van der Waals surface area (Å²) in [6.45, 7) is 49.4. The first kappa shape index (κ1) is 131. The molecular weight excluding hydrogens is 1850 g/mol. The number of morpholine rings is 1. The molecule has 7 aromatic rings. The first-order valence-electron chi connectivity index (χ1n) is 54.3. The average molecular weight is 2060 g/mol. The maximum Gasteiger partial charge on any atom is 0.0594 e. The zero-order valence-corrected chi connectivity index (χ0v) is 96.5. The van der Waals surface area contributed by atoms with Gasteiger partial charge in [0, 0.05) is 64.9 Å². The normalized spacial score (nSPS) is 12.9. The summed E-state index contributed by atoms with van der Waals surface area (Å²) in [5.41, 5.74) is 10.3. The third-order valence-electron chi connectivity index (χ3n) is 24.3. The Bertz CT molecular complexity index is 3580. The molecule has 2 aliphatic heterocycles. The molecule has 140 heavy (non-hydrogen) atoms. The van der Waals surface area contributed by atoms with E-state index in [1.165, 1.54) is 273 Å². The molecule has 15 nitrogen and oxygen atoms in total. The molecule has 0 radical (unpaired) electrons. The Morgan fingerprint density at radius 3 is 0.793 bits per heavy atom. The van der Waals surface area contributed by atoms with Gasteiger partial charge in [0.1, 0.15) is 0 Å². The molecule has 794 valence electrons. The van der Waals surface area contributed by atoms with E-state index in [2.05, 4.69) is 375 Å². The van der Waals surface area contributed by atoms with Crippen LogP contribution < -0.4 is 37.2 Å². The molecule has 0 aromatic heterocycles. The fraction of sp³-hybridized carbons (Fsp3) is 0.644. The van der Waals surface area contributed by atoms with Crippen LogP contribution in [-0.2, 0) is 45.0 Å². The Balaban J connectivity index is 0.000000420. The first-order valence-corrected chi connectivity index (χ1v) is 62.4. The van der Waals surface area contributed by atoms with Crippen molar-refractivity contribution in [1.82, 2.24) is 71.5 Å². The van der Waals surface area contributed by atoms with E-state index in [1.807, 2.05) is 82.3 Å². The number of ether oxygens (including phenoxy) is 1. The van der Waals surface area contributed by atoms with Gasteiger partial charge in [0.15, 0.2) is 0 Å². The minimum Gasteiger partial charge on any atom is -0.379 e. The van der Waals surface area contributed by atoms with Crippen molar-refractivity contribution in [1.29, 1.82) is 0 Å². The fourth-order valence-corrected chi connectivity index (χ4v) is 21.3. The highest BCUT2D eigenvalue weighted by Crippen LogP contribution is 2.20. The standard InChI is InChI=1S/2C18H32N2S.C17H28N2OS.C17H28N2S.C17H30N2S.C16H28N2S.C15H26N2S/c1-18(2,3)20(4)14-8-12-19-13-9-15-21-16-17-10-6-5-7-11-17;1-4-17(2)20(3)14-8-12-19-13-9-15-21-16-18-10-6-5-7-11-18;1-2-6-17(7-3-1)16-21-15-5-9-18-8-4-10-19-11-13-20-14-12-19;1-2-8-17(9-3-1)16-20-15-7-11-18-10-6-14-19-12-4-5-13-19;1-3-13-19(2)14-7-11-18-12-8-15-20-16-17-9-5-4-6-10-17;1-3-18(2)13-7-11-17-12-8-14-19-15-16-9-5-4-6-10-16;1-17(2)12-6-10-16-11-7-13-18-14-15-8-4-3-5-9-15/h5-7,10-11,19H,8-9,12-16H2,1-4H3;5-7,10-11,17,19H,4,8-9,12-16H2,1-3H3;1-3,6-7,18H,4-5,8-16H2;1-3,8-9,18H,4-7,10-16H2;4-6,9-10,18H,3,7-8,11-16H2,1-2H3;4-6,9-10,17H,3,7-8,11-15H2,1-2H3;3-5,8-9,16H,6-7,10-14H2,1-2H3. The number of hydrogen-bond acceptors (Lipinski definition) is 22. The van der Waals surface area contributed by atoms with Crippen LogP contribution in [0.5, 0.6) is 0 Å². The number of nitrogens with one attached hydrogen (secondary N) is 7. The van der Waals surface area contributed by atoms with Gasteiger partial charge in [-0.2, -0.15) is 82.3 Å². The van der Waals surface area contributed by atoms with Crippen LogP contribution in [0, 0.1) is 0 Å². The quantitative estimate of drug-likeness (QED) is 0.0183. The highest BCUT2D eigenvalue weighted by Gasteiger charge is 2.17. The maximum absolute atomic E-state index is 5.35. The molecular formula is C118H204N14OS7. The highest BCUT2D eigenvalue weighted by molar-refractivity contribution is 7.99. The lowest BCUT2D eigenvalue weighted by molar-refractivity contribution is 0.0374. The Hall–Kier alpha value is -3.61. The third kappa shape index (κ3) is 84.3. The molecule has 2 heterocycles. The fourth-order valence-electron chi connectivity index (χ4n) is 14.9. The molecule has 22 heteroatoms. The minimum absolute atomic E-state index is 0.286. The second kappa shape index (κ2) is 97.5. The lowest BCUT2D eigenvalue weighted by Gasteiger charge is -2.31. The zero-order chi connectivity index (χ0) is 101. The van der Waals surface area contributed by atoms with E-state index in [-0.39, 0.29) is 5.54 Å². The van der Waals surface area contributed by atoms with E-state index >= 15 is 0 Å². The van der Waals surface area contributed by atoms with Crippen molar-refractivity contribution >= 4 is 82.3 Å². The summed E-state index contributed by atoms with van der Waals surface area (Å²) in [5, 5.41) is 24.8. The van der Waals surface area contributed by atoms with E-state index in [1.54, 1.807) is 0 Å². The molecule has 0 saturated carbocycles. The van der Waals surface area contributed by atoms with Crippen molar-refractivity contribution in [3.8, 4) is 0 Å². The molecule has 2 fully saturated rings. The van der Waals surface area contributed by atoms with Crippen molar-refractivity contribution in [3.63, 3.8) is 0 Å². The second-order valence-corrected chi connectivity index (χ2v) is 46.0. The Morgan fingerprint density at radius 2 is 0.536 bits per heavy atom. The molecule has 7 N–H and O–H groups in total. The van der Waals surface area contributed by atoms with Gasteiger partial charge in [-0.3, -0.25) is 4.90 Å². The van der Waals surface area contributed by atoms with Gasteiger partial charge in [0.2, 0.25) is 0 Å². The largest absolute Gasteiger partial charge is 0.379 e. The van der Waals surface area contributed by atoms with Crippen molar-refractivity contribution in [2.45, 2.75) is 216 Å². The summed E-state index contributed by atoms with van der Waals surface area (Å²) < 4.78 is 5.35. The SMILES string of the molecule is CCC(C)N(C)CCCNCCCSCc1ccccc1.CCCN(C)CCCNCCCSCc1ccccc1.CCN(C)CCCNCCCSCc1ccccc1.CN(C)CCCNCCCSCc1ccccc1.CN(CCCNCCCSCc1ccccc1)C(C)(C)C.c1ccc(CSCCCNCCCN2CCCC2)cc1.c1ccc(CSCCCNCCCN2CCOCC2)cc1. The number of rotatable bonds is 75.